The molecule has 3 N–H and O–H groups in total. The summed E-state index contributed by atoms with van der Waals surface area (Å²) in [6.07, 6.45) is 0. The van der Waals surface area contributed by atoms with Crippen molar-refractivity contribution in [1.29, 1.82) is 0 Å². The van der Waals surface area contributed by atoms with E-state index in [1.54, 1.807) is 19.2 Å². The Kier molecular flexibility index (Phi) is 4.53. The number of hydrogen-bond donors (Lipinski definition) is 2. The molecule has 0 bridgehead atoms. The fourth-order valence-corrected chi connectivity index (χ4v) is 2.04. The van der Waals surface area contributed by atoms with E-state index in [0.29, 0.717) is 12.2 Å². The smallest absolute Gasteiger partial charge is 0.135 e. The molecule has 0 atom stereocenters. The van der Waals surface area contributed by atoms with Crippen molar-refractivity contribution in [3.8, 4) is 5.75 Å². The molecule has 0 radical (unpaired) electrons. The molecule has 0 amide bonds. The number of methoxy groups -OCH3 is 1. The SMILES string of the molecule is COc1ccccc1CNc1ccc(C(N)=S)c(F)c1. The number of hydrogen-bond acceptors (Lipinski definition) is 3. The van der Waals surface area contributed by atoms with Crippen LogP contribution in [0.3, 0.4) is 0 Å². The van der Waals surface area contributed by atoms with Crippen LogP contribution in [0.5, 0.6) is 5.75 Å². The van der Waals surface area contributed by atoms with Gasteiger partial charge >= 0.3 is 0 Å². The zero-order chi connectivity index (χ0) is 14.5. The highest BCUT2D eigenvalue weighted by molar-refractivity contribution is 7.80. The molecule has 0 aliphatic heterocycles. The van der Waals surface area contributed by atoms with Gasteiger partial charge in [0.25, 0.3) is 0 Å². The van der Waals surface area contributed by atoms with Gasteiger partial charge in [0.2, 0.25) is 0 Å². The number of halogens is 1. The highest BCUT2D eigenvalue weighted by atomic mass is 32.1. The van der Waals surface area contributed by atoms with Crippen molar-refractivity contribution in [1.82, 2.24) is 0 Å². The first-order chi connectivity index (χ1) is 9.61. The summed E-state index contributed by atoms with van der Waals surface area (Å²) < 4.78 is 19.0. The number of nitrogens with two attached hydrogens (primary N) is 1. The predicted octanol–water partition coefficient (Wildman–Crippen LogP) is 3.08. The molecule has 0 unspecified atom stereocenters. The van der Waals surface area contributed by atoms with E-state index in [0.717, 1.165) is 11.3 Å². The van der Waals surface area contributed by atoms with Crippen LogP contribution in [-0.2, 0) is 6.54 Å². The monoisotopic (exact) mass is 290 g/mol. The van der Waals surface area contributed by atoms with Crippen LogP contribution in [0.2, 0.25) is 0 Å². The van der Waals surface area contributed by atoms with Gasteiger partial charge in [0, 0.05) is 23.4 Å². The van der Waals surface area contributed by atoms with E-state index in [2.05, 4.69) is 5.32 Å². The summed E-state index contributed by atoms with van der Waals surface area (Å²) in [4.78, 5) is 0.0544. The van der Waals surface area contributed by atoms with Gasteiger partial charge in [0.05, 0.1) is 7.11 Å². The van der Waals surface area contributed by atoms with Gasteiger partial charge in [-0.25, -0.2) is 4.39 Å². The van der Waals surface area contributed by atoms with Gasteiger partial charge < -0.3 is 15.8 Å². The molecular weight excluding hydrogens is 275 g/mol. The summed E-state index contributed by atoms with van der Waals surface area (Å²) >= 11 is 4.77. The minimum Gasteiger partial charge on any atom is -0.496 e. The van der Waals surface area contributed by atoms with Crippen molar-refractivity contribution in [2.45, 2.75) is 6.54 Å². The minimum atomic E-state index is -0.428. The highest BCUT2D eigenvalue weighted by Crippen LogP contribution is 2.20. The number of rotatable bonds is 5. The second-order valence-electron chi connectivity index (χ2n) is 4.22. The minimum absolute atomic E-state index is 0.0544. The van der Waals surface area contributed by atoms with Crippen LogP contribution in [0.15, 0.2) is 42.5 Å². The van der Waals surface area contributed by atoms with Crippen molar-refractivity contribution in [3.63, 3.8) is 0 Å². The molecule has 0 spiro atoms. The molecule has 2 aromatic carbocycles. The van der Waals surface area contributed by atoms with E-state index in [-0.39, 0.29) is 10.6 Å². The van der Waals surface area contributed by atoms with E-state index >= 15 is 0 Å². The van der Waals surface area contributed by atoms with E-state index in [4.69, 9.17) is 22.7 Å². The van der Waals surface area contributed by atoms with Crippen molar-refractivity contribution in [3.05, 3.63) is 59.4 Å². The largest absolute Gasteiger partial charge is 0.496 e. The van der Waals surface area contributed by atoms with Crippen LogP contribution < -0.4 is 15.8 Å². The molecule has 2 rings (SSSR count). The summed E-state index contributed by atoms with van der Waals surface area (Å²) in [5.74, 6) is 0.364. The number of anilines is 1. The van der Waals surface area contributed by atoms with Crippen molar-refractivity contribution >= 4 is 22.9 Å². The summed E-state index contributed by atoms with van der Waals surface area (Å²) in [7, 11) is 1.62. The Morgan fingerprint density at radius 2 is 2.05 bits per heavy atom. The molecule has 3 nitrogen and oxygen atoms in total. The molecule has 20 heavy (non-hydrogen) atoms. The van der Waals surface area contributed by atoms with Crippen molar-refractivity contribution < 1.29 is 9.13 Å². The molecule has 0 aliphatic rings. The molecule has 0 saturated carbocycles. The summed E-state index contributed by atoms with van der Waals surface area (Å²) in [5.41, 5.74) is 7.33. The number of para-hydroxylation sites is 1. The first kappa shape index (κ1) is 14.3. The van der Waals surface area contributed by atoms with Crippen LogP contribution in [0, 0.1) is 5.82 Å². The fourth-order valence-electron chi connectivity index (χ4n) is 1.87. The Bertz CT molecular complexity index is 631. The maximum Gasteiger partial charge on any atom is 0.135 e. The molecule has 0 fully saturated rings. The Morgan fingerprint density at radius 3 is 2.70 bits per heavy atom. The fraction of sp³-hybridized carbons (Fsp3) is 0.133. The molecule has 5 heteroatoms. The highest BCUT2D eigenvalue weighted by Gasteiger charge is 2.06. The van der Waals surface area contributed by atoms with Gasteiger partial charge in [0.1, 0.15) is 16.6 Å². The third-order valence-electron chi connectivity index (χ3n) is 2.91. The van der Waals surface area contributed by atoms with Gasteiger partial charge in [-0.15, -0.1) is 0 Å². The molecule has 0 aliphatic carbocycles. The van der Waals surface area contributed by atoms with Gasteiger partial charge in [-0.1, -0.05) is 30.4 Å². The summed E-state index contributed by atoms with van der Waals surface area (Å²) in [6, 6.07) is 12.4. The molecule has 0 saturated heterocycles. The topological polar surface area (TPSA) is 47.3 Å². The second-order valence-corrected chi connectivity index (χ2v) is 4.66. The summed E-state index contributed by atoms with van der Waals surface area (Å²) in [5, 5.41) is 3.14. The predicted molar refractivity (Wildman–Crippen MR) is 82.6 cm³/mol. The standard InChI is InChI=1S/C15H15FN2OS/c1-19-14-5-3-2-4-10(14)9-18-11-6-7-12(15(17)20)13(16)8-11/h2-8,18H,9H2,1H3,(H2,17,20). The van der Waals surface area contributed by atoms with E-state index < -0.39 is 5.82 Å². The lowest BCUT2D eigenvalue weighted by atomic mass is 10.1. The lowest BCUT2D eigenvalue weighted by Crippen LogP contribution is -2.12. The quantitative estimate of drug-likeness (QED) is 0.831. The van der Waals surface area contributed by atoms with E-state index in [9.17, 15) is 4.39 Å². The first-order valence-electron chi connectivity index (χ1n) is 6.07. The van der Waals surface area contributed by atoms with Crippen LogP contribution >= 0.6 is 12.2 Å². The zero-order valence-corrected chi connectivity index (χ0v) is 11.8. The third-order valence-corrected chi connectivity index (χ3v) is 3.13. The third kappa shape index (κ3) is 3.24. The van der Waals surface area contributed by atoms with Crippen molar-refractivity contribution in [2.75, 3.05) is 12.4 Å². The number of benzene rings is 2. The first-order valence-corrected chi connectivity index (χ1v) is 6.47. The Morgan fingerprint density at radius 1 is 1.30 bits per heavy atom. The number of ether oxygens (including phenoxy) is 1. The van der Waals surface area contributed by atoms with Crippen LogP contribution in [0.4, 0.5) is 10.1 Å². The van der Waals surface area contributed by atoms with Crippen LogP contribution in [0.1, 0.15) is 11.1 Å². The molecule has 0 aromatic heterocycles. The van der Waals surface area contributed by atoms with Crippen LogP contribution in [0.25, 0.3) is 0 Å². The molecule has 0 heterocycles. The zero-order valence-electron chi connectivity index (χ0n) is 11.0. The van der Waals surface area contributed by atoms with Gasteiger partial charge in [0.15, 0.2) is 0 Å². The van der Waals surface area contributed by atoms with Gasteiger partial charge in [-0.3, -0.25) is 0 Å². The van der Waals surface area contributed by atoms with E-state index in [1.807, 2.05) is 24.3 Å². The Labute approximate surface area is 122 Å². The van der Waals surface area contributed by atoms with Gasteiger partial charge in [-0.2, -0.15) is 0 Å². The lowest BCUT2D eigenvalue weighted by Gasteiger charge is -2.11. The number of thiocarbonyl (C=S) groups is 1. The average Bonchev–Trinajstić information content (AvgIpc) is 2.45. The Balaban J connectivity index is 2.11. The molecule has 104 valence electrons. The lowest BCUT2D eigenvalue weighted by molar-refractivity contribution is 0.410. The van der Waals surface area contributed by atoms with E-state index in [1.165, 1.54) is 6.07 Å². The maximum absolute atomic E-state index is 13.7. The average molecular weight is 290 g/mol. The second kappa shape index (κ2) is 6.34. The summed E-state index contributed by atoms with van der Waals surface area (Å²) in [6.45, 7) is 0.538. The Hall–Kier alpha value is -2.14. The van der Waals surface area contributed by atoms with Crippen molar-refractivity contribution in [2.24, 2.45) is 5.73 Å². The maximum atomic E-state index is 13.7. The normalized spacial score (nSPS) is 10.1. The van der Waals surface area contributed by atoms with Crippen LogP contribution in [-0.4, -0.2) is 12.1 Å². The number of nitrogens with one attached hydrogen (secondary N) is 1. The molecule has 2 aromatic rings. The molecular formula is C15H15FN2OS. The van der Waals surface area contributed by atoms with Gasteiger partial charge in [-0.05, 0) is 24.3 Å².